The summed E-state index contributed by atoms with van der Waals surface area (Å²) in [5, 5.41) is 13.2. The first-order valence-corrected chi connectivity index (χ1v) is 9.37. The maximum atomic E-state index is 12.8. The average Bonchev–Trinajstić information content (AvgIpc) is 2.64. The van der Waals surface area contributed by atoms with Crippen molar-refractivity contribution < 1.29 is 19.5 Å². The van der Waals surface area contributed by atoms with E-state index in [2.05, 4.69) is 23.9 Å². The molecule has 2 aliphatic heterocycles. The van der Waals surface area contributed by atoms with E-state index >= 15 is 0 Å². The number of carbonyl (C=O) groups is 1. The van der Waals surface area contributed by atoms with Crippen LogP contribution in [-0.4, -0.2) is 42.4 Å². The van der Waals surface area contributed by atoms with Gasteiger partial charge >= 0.3 is 0 Å². The number of carbonyl (C=O) groups excluding carboxylic acids is 1. The van der Waals surface area contributed by atoms with Crippen LogP contribution in [0, 0.1) is 5.41 Å². The molecule has 0 saturated heterocycles. The van der Waals surface area contributed by atoms with Gasteiger partial charge < -0.3 is 19.6 Å². The van der Waals surface area contributed by atoms with Crippen molar-refractivity contribution in [3.8, 4) is 11.5 Å². The molecular weight excluding hydrogens is 344 g/mol. The lowest BCUT2D eigenvalue weighted by Crippen LogP contribution is -2.45. The summed E-state index contributed by atoms with van der Waals surface area (Å²) in [6.45, 7) is 5.09. The first kappa shape index (κ1) is 17.9. The second-order valence-corrected chi connectivity index (χ2v) is 8.38. The Balaban J connectivity index is 1.84. The van der Waals surface area contributed by atoms with Crippen LogP contribution in [0.15, 0.2) is 28.6 Å². The molecule has 2 heterocycles. The number of ketones is 1. The molecule has 0 aromatic heterocycles. The van der Waals surface area contributed by atoms with Gasteiger partial charge in [0.1, 0.15) is 0 Å². The van der Waals surface area contributed by atoms with Crippen LogP contribution in [-0.2, 0) is 11.2 Å². The summed E-state index contributed by atoms with van der Waals surface area (Å²) in [4.78, 5) is 15.1. The molecular formula is C21H26N2O4. The Morgan fingerprint density at radius 3 is 2.56 bits per heavy atom. The van der Waals surface area contributed by atoms with E-state index in [0.717, 1.165) is 36.4 Å². The summed E-state index contributed by atoms with van der Waals surface area (Å²) in [7, 11) is 3.28. The molecule has 0 saturated carbocycles. The number of benzene rings is 1. The molecule has 1 aliphatic carbocycles. The Morgan fingerprint density at radius 2 is 1.89 bits per heavy atom. The molecule has 27 heavy (non-hydrogen) atoms. The molecule has 3 aliphatic rings. The quantitative estimate of drug-likeness (QED) is 0.637. The number of fused-ring (bicyclic) bond motifs is 4. The van der Waals surface area contributed by atoms with Crippen LogP contribution in [0.5, 0.6) is 11.5 Å². The number of Topliss-reactive ketones (excluding diaryl/α,β-unsaturated/α-hetero) is 1. The molecule has 6 heteroatoms. The molecule has 0 radical (unpaired) electrons. The van der Waals surface area contributed by atoms with Gasteiger partial charge in [-0.15, -0.1) is 0 Å². The standard InChI is InChI=1S/C21H26N2O4/c1-21(2)10-16-20(17(24)11-21)14(22-25)9-15-13-8-19(27-4)18(26-3)7-12(13)5-6-23(15)16/h7-8,15,25H,5-6,9-11H2,1-4H3. The third kappa shape index (κ3) is 2.78. The van der Waals surface area contributed by atoms with Crippen LogP contribution in [0.25, 0.3) is 0 Å². The van der Waals surface area contributed by atoms with Crippen molar-refractivity contribution in [1.82, 2.24) is 4.90 Å². The summed E-state index contributed by atoms with van der Waals surface area (Å²) in [5.74, 6) is 1.51. The maximum absolute atomic E-state index is 12.8. The zero-order chi connectivity index (χ0) is 19.3. The van der Waals surface area contributed by atoms with Crippen molar-refractivity contribution in [3.63, 3.8) is 0 Å². The molecule has 6 nitrogen and oxygen atoms in total. The van der Waals surface area contributed by atoms with Gasteiger partial charge in [0.2, 0.25) is 0 Å². The summed E-state index contributed by atoms with van der Waals surface area (Å²) in [6, 6.07) is 4.11. The zero-order valence-electron chi connectivity index (χ0n) is 16.3. The summed E-state index contributed by atoms with van der Waals surface area (Å²) < 4.78 is 11.0. The second-order valence-electron chi connectivity index (χ2n) is 8.38. The van der Waals surface area contributed by atoms with Crippen LogP contribution < -0.4 is 9.47 Å². The molecule has 1 N–H and O–H groups in total. The fraction of sp³-hybridized carbons (Fsp3) is 0.524. The lowest BCUT2D eigenvalue weighted by Gasteiger charge is -2.48. The minimum atomic E-state index is -0.0871. The Hall–Kier alpha value is -2.50. The highest BCUT2D eigenvalue weighted by Crippen LogP contribution is 2.49. The fourth-order valence-corrected chi connectivity index (χ4v) is 4.81. The monoisotopic (exact) mass is 370 g/mol. The van der Waals surface area contributed by atoms with Crippen LogP contribution in [0.2, 0.25) is 0 Å². The Morgan fingerprint density at radius 1 is 1.19 bits per heavy atom. The largest absolute Gasteiger partial charge is 0.493 e. The van der Waals surface area contributed by atoms with Crippen LogP contribution in [0.1, 0.15) is 50.3 Å². The predicted molar refractivity (Wildman–Crippen MR) is 102 cm³/mol. The average molecular weight is 370 g/mol. The minimum Gasteiger partial charge on any atom is -0.493 e. The van der Waals surface area contributed by atoms with E-state index in [4.69, 9.17) is 9.47 Å². The van der Waals surface area contributed by atoms with Crippen molar-refractivity contribution in [2.24, 2.45) is 10.6 Å². The molecule has 1 aromatic rings. The van der Waals surface area contributed by atoms with Crippen molar-refractivity contribution in [3.05, 3.63) is 34.5 Å². The van der Waals surface area contributed by atoms with E-state index in [-0.39, 0.29) is 17.2 Å². The molecule has 0 fully saturated rings. The molecule has 0 amide bonds. The second kappa shape index (κ2) is 6.29. The number of oxime groups is 1. The van der Waals surface area contributed by atoms with Gasteiger partial charge in [0.05, 0.1) is 31.5 Å². The maximum Gasteiger partial charge on any atom is 0.167 e. The molecule has 144 valence electrons. The third-order valence-electron chi connectivity index (χ3n) is 6.00. The zero-order valence-corrected chi connectivity index (χ0v) is 16.3. The van der Waals surface area contributed by atoms with Crippen LogP contribution >= 0.6 is 0 Å². The summed E-state index contributed by atoms with van der Waals surface area (Å²) in [6.07, 6.45) is 2.70. The van der Waals surface area contributed by atoms with E-state index in [9.17, 15) is 10.0 Å². The van der Waals surface area contributed by atoms with E-state index < -0.39 is 0 Å². The topological polar surface area (TPSA) is 71.4 Å². The summed E-state index contributed by atoms with van der Waals surface area (Å²) >= 11 is 0. The number of rotatable bonds is 2. The van der Waals surface area contributed by atoms with E-state index in [1.165, 1.54) is 5.56 Å². The van der Waals surface area contributed by atoms with Crippen molar-refractivity contribution in [2.75, 3.05) is 20.8 Å². The van der Waals surface area contributed by atoms with Gasteiger partial charge in [0.15, 0.2) is 17.3 Å². The first-order valence-electron chi connectivity index (χ1n) is 9.37. The lowest BCUT2D eigenvalue weighted by molar-refractivity contribution is -0.118. The Labute approximate surface area is 159 Å². The fourth-order valence-electron chi connectivity index (χ4n) is 4.81. The smallest absolute Gasteiger partial charge is 0.167 e. The highest BCUT2D eigenvalue weighted by Gasteiger charge is 2.44. The number of nitrogens with zero attached hydrogens (tertiary/aromatic N) is 2. The van der Waals surface area contributed by atoms with E-state index in [0.29, 0.717) is 29.9 Å². The van der Waals surface area contributed by atoms with Gasteiger partial charge in [-0.3, -0.25) is 4.79 Å². The van der Waals surface area contributed by atoms with Crippen LogP contribution in [0.4, 0.5) is 0 Å². The van der Waals surface area contributed by atoms with Gasteiger partial charge in [-0.1, -0.05) is 19.0 Å². The van der Waals surface area contributed by atoms with Crippen molar-refractivity contribution in [2.45, 2.75) is 45.6 Å². The van der Waals surface area contributed by atoms with Crippen LogP contribution in [0.3, 0.4) is 0 Å². The Kier molecular flexibility index (Phi) is 4.17. The van der Waals surface area contributed by atoms with Crippen molar-refractivity contribution >= 4 is 11.5 Å². The number of allylic oxidation sites excluding steroid dienone is 2. The number of ether oxygens (including phenoxy) is 2. The molecule has 1 aromatic carbocycles. The number of hydrogen-bond acceptors (Lipinski definition) is 6. The SMILES string of the molecule is COc1cc2c(cc1OC)C1CC(=NO)C3=C(CC(C)(C)CC3=O)N1CC2. The predicted octanol–water partition coefficient (Wildman–Crippen LogP) is 3.48. The van der Waals surface area contributed by atoms with Gasteiger partial charge in [-0.25, -0.2) is 0 Å². The highest BCUT2D eigenvalue weighted by atomic mass is 16.5. The van der Waals surface area contributed by atoms with Gasteiger partial charge in [-0.05, 0) is 41.5 Å². The molecule has 1 unspecified atom stereocenters. The summed E-state index contributed by atoms with van der Waals surface area (Å²) in [5.41, 5.74) is 4.46. The minimum absolute atomic E-state index is 0.0416. The number of hydrogen-bond donors (Lipinski definition) is 1. The molecule has 0 bridgehead atoms. The van der Waals surface area contributed by atoms with Gasteiger partial charge in [-0.2, -0.15) is 0 Å². The van der Waals surface area contributed by atoms with Gasteiger partial charge in [0, 0.05) is 25.1 Å². The number of methoxy groups -OCH3 is 2. The molecule has 4 rings (SSSR count). The van der Waals surface area contributed by atoms with Crippen molar-refractivity contribution in [1.29, 1.82) is 0 Å². The van der Waals surface area contributed by atoms with E-state index in [1.54, 1.807) is 14.2 Å². The van der Waals surface area contributed by atoms with E-state index in [1.807, 2.05) is 12.1 Å². The molecule has 1 atom stereocenters. The lowest BCUT2D eigenvalue weighted by atomic mass is 9.71. The Bertz CT molecular complexity index is 869. The molecule has 0 spiro atoms. The third-order valence-corrected chi connectivity index (χ3v) is 6.00. The highest BCUT2D eigenvalue weighted by molar-refractivity contribution is 6.24. The first-order chi connectivity index (χ1) is 12.9. The van der Waals surface area contributed by atoms with Gasteiger partial charge in [0.25, 0.3) is 0 Å². The normalized spacial score (nSPS) is 25.0.